The van der Waals surface area contributed by atoms with E-state index in [2.05, 4.69) is 291 Å². The second-order valence-electron chi connectivity index (χ2n) is 18.8. The SMILES string of the molecule is CC1(c2ccccc2)c2ccccc2-c2cccc(N(c3ccccc3-c3ccc4c(c3)c(-c3ccccc3)c(-c3ccccc3)c3ccccc34)c3c(-c4ccccc4)cccc3-c3ccccc3)c21. The van der Waals surface area contributed by atoms with E-state index in [0.29, 0.717) is 0 Å². The summed E-state index contributed by atoms with van der Waals surface area (Å²) < 4.78 is 0. The first-order valence-electron chi connectivity index (χ1n) is 24.7. The van der Waals surface area contributed by atoms with Crippen molar-refractivity contribution in [3.63, 3.8) is 0 Å². The molecular formula is C70H49N. The van der Waals surface area contributed by atoms with Gasteiger partial charge in [-0.25, -0.2) is 0 Å². The highest BCUT2D eigenvalue weighted by molar-refractivity contribution is 6.22. The highest BCUT2D eigenvalue weighted by Gasteiger charge is 2.44. The van der Waals surface area contributed by atoms with Crippen molar-refractivity contribution in [1.82, 2.24) is 0 Å². The molecule has 71 heavy (non-hydrogen) atoms. The minimum Gasteiger partial charge on any atom is -0.308 e. The summed E-state index contributed by atoms with van der Waals surface area (Å²) in [6.07, 6.45) is 0. The maximum atomic E-state index is 2.62. The van der Waals surface area contributed by atoms with Crippen LogP contribution >= 0.6 is 0 Å². The highest BCUT2D eigenvalue weighted by atomic mass is 15.2. The molecule has 1 nitrogen and oxygen atoms in total. The third kappa shape index (κ3) is 6.92. The van der Waals surface area contributed by atoms with Crippen LogP contribution in [0, 0.1) is 0 Å². The van der Waals surface area contributed by atoms with E-state index in [9.17, 15) is 0 Å². The lowest BCUT2D eigenvalue weighted by atomic mass is 9.73. The Morgan fingerprint density at radius 2 is 0.718 bits per heavy atom. The van der Waals surface area contributed by atoms with Crippen molar-refractivity contribution in [3.05, 3.63) is 296 Å². The molecule has 1 unspecified atom stereocenters. The Hall–Kier alpha value is -9.04. The molecule has 13 rings (SSSR count). The minimum atomic E-state index is -0.478. The first kappa shape index (κ1) is 42.1. The Labute approximate surface area is 416 Å². The van der Waals surface area contributed by atoms with Gasteiger partial charge < -0.3 is 4.90 Å². The lowest BCUT2D eigenvalue weighted by molar-refractivity contribution is 0.714. The smallest absolute Gasteiger partial charge is 0.0618 e. The molecule has 0 saturated carbocycles. The van der Waals surface area contributed by atoms with Crippen LogP contribution in [0.1, 0.15) is 23.6 Å². The Morgan fingerprint density at radius 1 is 0.282 bits per heavy atom. The van der Waals surface area contributed by atoms with Crippen LogP contribution in [0.4, 0.5) is 17.1 Å². The van der Waals surface area contributed by atoms with E-state index in [1.165, 1.54) is 71.6 Å². The largest absolute Gasteiger partial charge is 0.308 e. The van der Waals surface area contributed by atoms with Gasteiger partial charge in [-0.1, -0.05) is 261 Å². The Balaban J connectivity index is 1.16. The van der Waals surface area contributed by atoms with Crippen LogP contribution in [0.5, 0.6) is 0 Å². The van der Waals surface area contributed by atoms with Gasteiger partial charge >= 0.3 is 0 Å². The van der Waals surface area contributed by atoms with Crippen molar-refractivity contribution < 1.29 is 0 Å². The molecule has 0 N–H and O–H groups in total. The summed E-state index contributed by atoms with van der Waals surface area (Å²) in [5.41, 5.74) is 21.0. The quantitative estimate of drug-likeness (QED) is 0.130. The summed E-state index contributed by atoms with van der Waals surface area (Å²) >= 11 is 0. The van der Waals surface area contributed by atoms with Gasteiger partial charge in [0.2, 0.25) is 0 Å². The lowest BCUT2D eigenvalue weighted by Crippen LogP contribution is -2.26. The fraction of sp³-hybridized carbons (Fsp3) is 0.0286. The number of para-hydroxylation sites is 2. The maximum absolute atomic E-state index is 2.62. The second-order valence-corrected chi connectivity index (χ2v) is 18.8. The van der Waals surface area contributed by atoms with E-state index in [0.717, 1.165) is 50.4 Å². The third-order valence-electron chi connectivity index (χ3n) is 14.9. The molecule has 1 aliphatic rings. The summed E-state index contributed by atoms with van der Waals surface area (Å²) in [6, 6.07) is 103. The van der Waals surface area contributed by atoms with Crippen LogP contribution in [0.15, 0.2) is 279 Å². The predicted molar refractivity (Wildman–Crippen MR) is 301 cm³/mol. The van der Waals surface area contributed by atoms with Crippen LogP contribution in [-0.4, -0.2) is 0 Å². The van der Waals surface area contributed by atoms with Gasteiger partial charge in [0, 0.05) is 22.1 Å². The summed E-state index contributed by atoms with van der Waals surface area (Å²) in [5.74, 6) is 0. The van der Waals surface area contributed by atoms with E-state index in [-0.39, 0.29) is 0 Å². The zero-order valence-electron chi connectivity index (χ0n) is 39.5. The molecule has 0 saturated heterocycles. The van der Waals surface area contributed by atoms with Crippen molar-refractivity contribution >= 4 is 38.6 Å². The molecule has 12 aromatic carbocycles. The highest BCUT2D eigenvalue weighted by Crippen LogP contribution is 2.59. The number of anilines is 3. The lowest BCUT2D eigenvalue weighted by Gasteiger charge is -2.37. The molecular weight excluding hydrogens is 855 g/mol. The maximum Gasteiger partial charge on any atom is 0.0618 e. The predicted octanol–water partition coefficient (Wildman–Crippen LogP) is 19.1. The molecule has 1 heteroatoms. The molecule has 334 valence electrons. The van der Waals surface area contributed by atoms with Gasteiger partial charge in [0.25, 0.3) is 0 Å². The van der Waals surface area contributed by atoms with Crippen molar-refractivity contribution in [2.45, 2.75) is 12.3 Å². The van der Waals surface area contributed by atoms with Gasteiger partial charge in [-0.2, -0.15) is 0 Å². The van der Waals surface area contributed by atoms with Crippen LogP contribution in [0.2, 0.25) is 0 Å². The topological polar surface area (TPSA) is 3.24 Å². The van der Waals surface area contributed by atoms with Gasteiger partial charge in [-0.3, -0.25) is 0 Å². The molecule has 0 radical (unpaired) electrons. The number of hydrogen-bond donors (Lipinski definition) is 0. The summed E-state index contributed by atoms with van der Waals surface area (Å²) in [4.78, 5) is 2.62. The average molecular weight is 904 g/mol. The number of benzene rings is 12. The molecule has 0 bridgehead atoms. The summed E-state index contributed by atoms with van der Waals surface area (Å²) in [5, 5.41) is 4.94. The zero-order valence-corrected chi connectivity index (χ0v) is 39.5. The van der Waals surface area contributed by atoms with Crippen LogP contribution in [-0.2, 0) is 5.41 Å². The monoisotopic (exact) mass is 903 g/mol. The van der Waals surface area contributed by atoms with E-state index < -0.39 is 5.41 Å². The number of nitrogens with zero attached hydrogens (tertiary/aromatic N) is 1. The van der Waals surface area contributed by atoms with Crippen LogP contribution < -0.4 is 4.90 Å². The Morgan fingerprint density at radius 3 is 1.35 bits per heavy atom. The van der Waals surface area contributed by atoms with Gasteiger partial charge in [0.05, 0.1) is 17.1 Å². The van der Waals surface area contributed by atoms with E-state index in [1.54, 1.807) is 0 Å². The van der Waals surface area contributed by atoms with Crippen LogP contribution in [0.25, 0.3) is 88.3 Å². The Kier molecular flexibility index (Phi) is 10.4. The molecule has 0 spiro atoms. The number of hydrogen-bond acceptors (Lipinski definition) is 1. The second kappa shape index (κ2) is 17.5. The van der Waals surface area contributed by atoms with Gasteiger partial charge in [-0.15, -0.1) is 0 Å². The van der Waals surface area contributed by atoms with Gasteiger partial charge in [0.1, 0.15) is 0 Å². The van der Waals surface area contributed by atoms with Crippen molar-refractivity contribution in [1.29, 1.82) is 0 Å². The zero-order chi connectivity index (χ0) is 47.3. The molecule has 0 fully saturated rings. The van der Waals surface area contributed by atoms with Crippen molar-refractivity contribution in [2.75, 3.05) is 4.90 Å². The van der Waals surface area contributed by atoms with Gasteiger partial charge in [0.15, 0.2) is 0 Å². The molecule has 0 heterocycles. The number of fused-ring (bicyclic) bond motifs is 6. The standard InChI is InChI=1S/C70H49N/c1-70(53-33-15-6-16-34-53)63-42-21-19-37-59(63)61-41-24-44-65(68(61)70)71(69-55(48-25-7-2-8-26-48)39-23-40-56(69)49-27-9-3-10-28-49)64-43-22-20-35-54(64)52-45-46-58-57-36-17-18-38-60(57)66(50-29-11-4-12-30-50)67(62(58)47-52)51-31-13-5-14-32-51/h2-47H,1H3. The third-order valence-corrected chi connectivity index (χ3v) is 14.9. The molecule has 1 atom stereocenters. The average Bonchev–Trinajstić information content (AvgIpc) is 3.72. The fourth-order valence-corrected chi connectivity index (χ4v) is 11.8. The molecule has 0 aliphatic heterocycles. The summed E-state index contributed by atoms with van der Waals surface area (Å²) in [6.45, 7) is 2.44. The molecule has 12 aromatic rings. The minimum absolute atomic E-state index is 0.478. The van der Waals surface area contributed by atoms with Gasteiger partial charge in [-0.05, 0) is 113 Å². The number of rotatable bonds is 9. The van der Waals surface area contributed by atoms with Crippen molar-refractivity contribution in [3.8, 4) is 66.8 Å². The molecule has 1 aliphatic carbocycles. The van der Waals surface area contributed by atoms with Crippen LogP contribution in [0.3, 0.4) is 0 Å². The Bertz CT molecular complexity index is 3860. The van der Waals surface area contributed by atoms with E-state index in [1.807, 2.05) is 0 Å². The fourth-order valence-electron chi connectivity index (χ4n) is 11.8. The normalized spacial score (nSPS) is 13.8. The van der Waals surface area contributed by atoms with Crippen molar-refractivity contribution in [2.24, 2.45) is 0 Å². The van der Waals surface area contributed by atoms with E-state index >= 15 is 0 Å². The van der Waals surface area contributed by atoms with E-state index in [4.69, 9.17) is 0 Å². The molecule has 0 aromatic heterocycles. The first-order valence-corrected chi connectivity index (χ1v) is 24.7. The first-order chi connectivity index (χ1) is 35.2. The summed E-state index contributed by atoms with van der Waals surface area (Å²) in [7, 11) is 0. The molecule has 0 amide bonds.